The van der Waals surface area contributed by atoms with Crippen LogP contribution in [0.5, 0.6) is 11.5 Å². The first-order valence-electron chi connectivity index (χ1n) is 12.2. The third kappa shape index (κ3) is 7.23. The van der Waals surface area contributed by atoms with Gasteiger partial charge in [0, 0.05) is 0 Å². The van der Waals surface area contributed by atoms with E-state index in [-0.39, 0.29) is 0 Å². The second kappa shape index (κ2) is 12.6. The van der Waals surface area contributed by atoms with Crippen LogP contribution in [0.2, 0.25) is 0 Å². The molecule has 1 fully saturated rings. The summed E-state index contributed by atoms with van der Waals surface area (Å²) in [5.74, 6) is 1.94. The van der Waals surface area contributed by atoms with E-state index >= 15 is 0 Å². The van der Waals surface area contributed by atoms with E-state index in [0.717, 1.165) is 17.7 Å². The van der Waals surface area contributed by atoms with Crippen molar-refractivity contribution in [3.8, 4) is 11.5 Å². The molecule has 5 heteroatoms. The number of benzene rings is 2. The second-order valence-corrected chi connectivity index (χ2v) is 8.87. The number of rotatable bonds is 11. The van der Waals surface area contributed by atoms with Gasteiger partial charge in [-0.15, -0.1) is 0 Å². The van der Waals surface area contributed by atoms with E-state index in [2.05, 4.69) is 26.0 Å². The zero-order chi connectivity index (χ0) is 23.6. The molecule has 2 aromatic carbocycles. The Morgan fingerprint density at radius 2 is 1.73 bits per heavy atom. The van der Waals surface area contributed by atoms with E-state index in [1.54, 1.807) is 0 Å². The molecule has 2 aromatic rings. The molecular formula is C28H38O5. The molecule has 2 atom stereocenters. The number of hydrogen-bond donors (Lipinski definition) is 0. The van der Waals surface area contributed by atoms with Crippen LogP contribution < -0.4 is 9.47 Å². The van der Waals surface area contributed by atoms with Crippen LogP contribution in [0.4, 0.5) is 0 Å². The number of hydrogen-bond acceptors (Lipinski definition) is 5. The molecule has 0 saturated heterocycles. The van der Waals surface area contributed by atoms with E-state index in [0.29, 0.717) is 36.4 Å². The van der Waals surface area contributed by atoms with Crippen molar-refractivity contribution in [2.75, 3.05) is 20.3 Å². The molecule has 0 amide bonds. The highest BCUT2D eigenvalue weighted by Gasteiger charge is 2.18. The van der Waals surface area contributed by atoms with Crippen LogP contribution in [-0.4, -0.2) is 32.6 Å². The highest BCUT2D eigenvalue weighted by molar-refractivity contribution is 5.92. The Balaban J connectivity index is 1.47. The Labute approximate surface area is 198 Å². The Hall–Kier alpha value is -2.53. The van der Waals surface area contributed by atoms with E-state index in [4.69, 9.17) is 18.9 Å². The maximum absolute atomic E-state index is 12.3. The molecule has 1 aliphatic rings. The summed E-state index contributed by atoms with van der Waals surface area (Å²) in [5, 5.41) is 0. The van der Waals surface area contributed by atoms with Crippen molar-refractivity contribution in [1.29, 1.82) is 0 Å². The summed E-state index contributed by atoms with van der Waals surface area (Å²) < 4.78 is 22.4. The molecule has 2 unspecified atom stereocenters. The number of methoxy groups -OCH3 is 1. The third-order valence-electron chi connectivity index (χ3n) is 6.54. The third-order valence-corrected chi connectivity index (χ3v) is 6.54. The summed E-state index contributed by atoms with van der Waals surface area (Å²) in [4.78, 5) is 12.3. The standard InChI is InChI=1S/C28H38O5/c1-5-20(2)24-13-16-27(26(19-24)28(29)30-4)33-21(3)31-17-18-32-25-14-11-23(12-15-25)22-9-7-6-8-10-22/h11-16,19-22H,5-10,17-18H2,1-4H3. The van der Waals surface area contributed by atoms with Gasteiger partial charge < -0.3 is 18.9 Å². The lowest BCUT2D eigenvalue weighted by atomic mass is 9.84. The molecule has 3 rings (SSSR count). The maximum Gasteiger partial charge on any atom is 0.341 e. The van der Waals surface area contributed by atoms with Crippen LogP contribution in [0, 0.1) is 0 Å². The quantitative estimate of drug-likeness (QED) is 0.211. The minimum absolute atomic E-state index is 0.352. The minimum Gasteiger partial charge on any atom is -0.491 e. The molecule has 0 radical (unpaired) electrons. The van der Waals surface area contributed by atoms with E-state index in [1.807, 2.05) is 37.3 Å². The average Bonchev–Trinajstić information content (AvgIpc) is 2.86. The zero-order valence-electron chi connectivity index (χ0n) is 20.5. The predicted molar refractivity (Wildman–Crippen MR) is 130 cm³/mol. The number of ether oxygens (including phenoxy) is 4. The SMILES string of the molecule is CCC(C)c1ccc(OC(C)OCCOc2ccc(C3CCCCC3)cc2)c(C(=O)OC)c1. The molecule has 0 spiro atoms. The fourth-order valence-electron chi connectivity index (χ4n) is 4.32. The molecule has 180 valence electrons. The zero-order valence-corrected chi connectivity index (χ0v) is 20.5. The van der Waals surface area contributed by atoms with Gasteiger partial charge in [-0.2, -0.15) is 0 Å². The first kappa shape index (κ1) is 25.1. The second-order valence-electron chi connectivity index (χ2n) is 8.87. The fourth-order valence-corrected chi connectivity index (χ4v) is 4.32. The molecule has 0 heterocycles. The fraction of sp³-hybridized carbons (Fsp3) is 0.536. The van der Waals surface area contributed by atoms with Gasteiger partial charge in [0.1, 0.15) is 23.7 Å². The van der Waals surface area contributed by atoms with Gasteiger partial charge in [0.15, 0.2) is 6.29 Å². The van der Waals surface area contributed by atoms with Crippen molar-refractivity contribution < 1.29 is 23.7 Å². The van der Waals surface area contributed by atoms with Crippen molar-refractivity contribution in [3.05, 3.63) is 59.2 Å². The Bertz CT molecular complexity index is 870. The highest BCUT2D eigenvalue weighted by atomic mass is 16.7. The minimum atomic E-state index is -0.528. The van der Waals surface area contributed by atoms with Crippen LogP contribution in [0.25, 0.3) is 0 Å². The molecule has 33 heavy (non-hydrogen) atoms. The molecule has 0 aromatic heterocycles. The van der Waals surface area contributed by atoms with Gasteiger partial charge in [0.2, 0.25) is 0 Å². The van der Waals surface area contributed by atoms with E-state index < -0.39 is 12.3 Å². The van der Waals surface area contributed by atoms with Crippen LogP contribution in [-0.2, 0) is 9.47 Å². The number of esters is 1. The molecule has 1 saturated carbocycles. The van der Waals surface area contributed by atoms with Gasteiger partial charge >= 0.3 is 5.97 Å². The van der Waals surface area contributed by atoms with E-state index in [1.165, 1.54) is 44.8 Å². The van der Waals surface area contributed by atoms with Crippen molar-refractivity contribution >= 4 is 5.97 Å². The largest absolute Gasteiger partial charge is 0.491 e. The number of carbonyl (C=O) groups is 1. The lowest BCUT2D eigenvalue weighted by Gasteiger charge is -2.22. The van der Waals surface area contributed by atoms with Gasteiger partial charge in [0.25, 0.3) is 0 Å². The van der Waals surface area contributed by atoms with E-state index in [9.17, 15) is 4.79 Å². The smallest absolute Gasteiger partial charge is 0.341 e. The van der Waals surface area contributed by atoms with Gasteiger partial charge in [-0.3, -0.25) is 0 Å². The van der Waals surface area contributed by atoms with Gasteiger partial charge in [-0.25, -0.2) is 4.79 Å². The topological polar surface area (TPSA) is 54.0 Å². The normalized spacial score (nSPS) is 16.1. The average molecular weight is 455 g/mol. The Morgan fingerprint density at radius 1 is 1.00 bits per heavy atom. The van der Waals surface area contributed by atoms with Crippen LogP contribution >= 0.6 is 0 Å². The first-order chi connectivity index (χ1) is 16.0. The van der Waals surface area contributed by atoms with Crippen LogP contribution in [0.3, 0.4) is 0 Å². The van der Waals surface area contributed by atoms with Crippen LogP contribution in [0.1, 0.15) is 92.6 Å². The summed E-state index contributed by atoms with van der Waals surface area (Å²) in [5.41, 5.74) is 2.92. The maximum atomic E-state index is 12.3. The monoisotopic (exact) mass is 454 g/mol. The summed E-state index contributed by atoms with van der Waals surface area (Å²) in [6, 6.07) is 14.1. The van der Waals surface area contributed by atoms with Crippen molar-refractivity contribution in [3.63, 3.8) is 0 Å². The molecule has 0 bridgehead atoms. The lowest BCUT2D eigenvalue weighted by molar-refractivity contribution is -0.0742. The van der Waals surface area contributed by atoms with Crippen molar-refractivity contribution in [2.24, 2.45) is 0 Å². The molecule has 5 nitrogen and oxygen atoms in total. The van der Waals surface area contributed by atoms with Gasteiger partial charge in [0.05, 0.1) is 13.7 Å². The molecule has 0 N–H and O–H groups in total. The number of carbonyl (C=O) groups excluding carboxylic acids is 1. The Kier molecular flexibility index (Phi) is 9.61. The molecule has 1 aliphatic carbocycles. The first-order valence-corrected chi connectivity index (χ1v) is 12.2. The van der Waals surface area contributed by atoms with Gasteiger partial charge in [-0.05, 0) is 73.4 Å². The highest BCUT2D eigenvalue weighted by Crippen LogP contribution is 2.33. The molecular weight excluding hydrogens is 416 g/mol. The Morgan fingerprint density at radius 3 is 2.39 bits per heavy atom. The summed E-state index contributed by atoms with van der Waals surface area (Å²) in [6.45, 7) is 6.86. The molecule has 0 aliphatic heterocycles. The van der Waals surface area contributed by atoms with Crippen molar-refractivity contribution in [2.45, 2.75) is 77.4 Å². The van der Waals surface area contributed by atoms with Crippen molar-refractivity contribution in [1.82, 2.24) is 0 Å². The lowest BCUT2D eigenvalue weighted by Crippen LogP contribution is -2.21. The summed E-state index contributed by atoms with van der Waals surface area (Å²) >= 11 is 0. The van der Waals surface area contributed by atoms with Crippen LogP contribution in [0.15, 0.2) is 42.5 Å². The van der Waals surface area contributed by atoms with Gasteiger partial charge in [-0.1, -0.05) is 51.3 Å². The summed E-state index contributed by atoms with van der Waals surface area (Å²) in [6.07, 6.45) is 7.10. The predicted octanol–water partition coefficient (Wildman–Crippen LogP) is 6.85. The summed E-state index contributed by atoms with van der Waals surface area (Å²) in [7, 11) is 1.38.